The van der Waals surface area contributed by atoms with Crippen molar-refractivity contribution < 1.29 is 9.66 Å². The van der Waals surface area contributed by atoms with Gasteiger partial charge in [0.15, 0.2) is 0 Å². The van der Waals surface area contributed by atoms with Crippen molar-refractivity contribution in [3.63, 3.8) is 0 Å². The number of nitrogens with zero attached hydrogens (tertiary/aromatic N) is 1. The fraction of sp³-hybridized carbons (Fsp3) is 0.500. The molecule has 2 rings (SSSR count). The number of rotatable bonds is 6. The van der Waals surface area contributed by atoms with E-state index in [1.165, 1.54) is 25.0 Å². The molecule has 1 aromatic carbocycles. The van der Waals surface area contributed by atoms with Gasteiger partial charge in [0.05, 0.1) is 11.5 Å². The Kier molecular flexibility index (Phi) is 3.58. The van der Waals surface area contributed by atoms with Crippen molar-refractivity contribution in [1.82, 2.24) is 0 Å². The Morgan fingerprint density at radius 2 is 2.24 bits per heavy atom. The number of ether oxygens (including phenoxy) is 1. The van der Waals surface area contributed by atoms with E-state index in [0.717, 1.165) is 12.3 Å². The standard InChI is InChI=1S/C12H16N2O3/c13-8-10-7-11(14(15)16)3-4-12(10)17-6-5-9-1-2-9/h3-4,7,9H,1-2,5-6,8,13H2. The van der Waals surface area contributed by atoms with Crippen LogP contribution in [0, 0.1) is 16.0 Å². The number of hydrogen-bond acceptors (Lipinski definition) is 4. The van der Waals surface area contributed by atoms with Crippen LogP contribution in [0.4, 0.5) is 5.69 Å². The van der Waals surface area contributed by atoms with Crippen LogP contribution in [0.1, 0.15) is 24.8 Å². The number of nitro groups is 1. The summed E-state index contributed by atoms with van der Waals surface area (Å²) in [5.41, 5.74) is 6.31. The third kappa shape index (κ3) is 3.17. The lowest BCUT2D eigenvalue weighted by Crippen LogP contribution is -2.05. The van der Waals surface area contributed by atoms with Gasteiger partial charge in [-0.2, -0.15) is 0 Å². The van der Waals surface area contributed by atoms with Gasteiger partial charge in [0.2, 0.25) is 0 Å². The predicted molar refractivity (Wildman–Crippen MR) is 63.8 cm³/mol. The largest absolute Gasteiger partial charge is 0.493 e. The van der Waals surface area contributed by atoms with Crippen molar-refractivity contribution in [1.29, 1.82) is 0 Å². The molecule has 0 atom stereocenters. The summed E-state index contributed by atoms with van der Waals surface area (Å²) in [6, 6.07) is 4.56. The second-order valence-electron chi connectivity index (χ2n) is 4.33. The fourth-order valence-electron chi connectivity index (χ4n) is 1.72. The average Bonchev–Trinajstić information content (AvgIpc) is 3.13. The molecule has 0 radical (unpaired) electrons. The van der Waals surface area contributed by atoms with Gasteiger partial charge in [-0.1, -0.05) is 12.8 Å². The summed E-state index contributed by atoms with van der Waals surface area (Å²) < 4.78 is 5.61. The first-order chi connectivity index (χ1) is 8.20. The van der Waals surface area contributed by atoms with E-state index in [2.05, 4.69) is 0 Å². The summed E-state index contributed by atoms with van der Waals surface area (Å²) in [6.45, 7) is 0.913. The van der Waals surface area contributed by atoms with E-state index in [9.17, 15) is 10.1 Å². The Balaban J connectivity index is 2.01. The SMILES string of the molecule is NCc1cc([N+](=O)[O-])ccc1OCCC1CC1. The van der Waals surface area contributed by atoms with Gasteiger partial charge in [-0.3, -0.25) is 10.1 Å². The van der Waals surface area contributed by atoms with Crippen molar-refractivity contribution in [2.24, 2.45) is 11.7 Å². The van der Waals surface area contributed by atoms with Crippen LogP contribution in [0.3, 0.4) is 0 Å². The Morgan fingerprint density at radius 3 is 2.82 bits per heavy atom. The Bertz CT molecular complexity index is 416. The maximum atomic E-state index is 10.6. The van der Waals surface area contributed by atoms with Gasteiger partial charge in [0, 0.05) is 24.2 Å². The highest BCUT2D eigenvalue weighted by Gasteiger charge is 2.21. The predicted octanol–water partition coefficient (Wildman–Crippen LogP) is 2.23. The van der Waals surface area contributed by atoms with Gasteiger partial charge in [-0.05, 0) is 18.4 Å². The average molecular weight is 236 g/mol. The zero-order chi connectivity index (χ0) is 12.3. The topological polar surface area (TPSA) is 78.4 Å². The van der Waals surface area contributed by atoms with Crippen LogP contribution in [-0.4, -0.2) is 11.5 Å². The molecule has 0 aromatic heterocycles. The number of nitro benzene ring substituents is 1. The number of hydrogen-bond donors (Lipinski definition) is 1. The lowest BCUT2D eigenvalue weighted by molar-refractivity contribution is -0.384. The molecule has 5 nitrogen and oxygen atoms in total. The van der Waals surface area contributed by atoms with Crippen molar-refractivity contribution in [3.05, 3.63) is 33.9 Å². The van der Waals surface area contributed by atoms with Gasteiger partial charge < -0.3 is 10.5 Å². The van der Waals surface area contributed by atoms with Crippen molar-refractivity contribution >= 4 is 5.69 Å². The highest BCUT2D eigenvalue weighted by Crippen LogP contribution is 2.32. The highest BCUT2D eigenvalue weighted by atomic mass is 16.6. The third-order valence-corrected chi connectivity index (χ3v) is 2.96. The van der Waals surface area contributed by atoms with E-state index in [0.29, 0.717) is 17.9 Å². The lowest BCUT2D eigenvalue weighted by Gasteiger charge is -2.09. The molecule has 1 aliphatic carbocycles. The first kappa shape index (κ1) is 11.9. The van der Waals surface area contributed by atoms with E-state index in [1.807, 2.05) is 0 Å². The smallest absolute Gasteiger partial charge is 0.270 e. The molecule has 5 heteroatoms. The lowest BCUT2D eigenvalue weighted by atomic mass is 10.2. The van der Waals surface area contributed by atoms with Gasteiger partial charge in [-0.15, -0.1) is 0 Å². The summed E-state index contributed by atoms with van der Waals surface area (Å²) in [7, 11) is 0. The second-order valence-corrected chi connectivity index (χ2v) is 4.33. The third-order valence-electron chi connectivity index (χ3n) is 2.96. The molecule has 1 fully saturated rings. The van der Waals surface area contributed by atoms with Crippen LogP contribution in [0.25, 0.3) is 0 Å². The van der Waals surface area contributed by atoms with Gasteiger partial charge >= 0.3 is 0 Å². The maximum Gasteiger partial charge on any atom is 0.270 e. The molecule has 1 aliphatic rings. The summed E-state index contributed by atoms with van der Waals surface area (Å²) in [5, 5.41) is 10.6. The van der Waals surface area contributed by atoms with E-state index in [1.54, 1.807) is 6.07 Å². The normalized spacial score (nSPS) is 14.6. The van der Waals surface area contributed by atoms with Crippen LogP contribution in [-0.2, 0) is 6.54 Å². The van der Waals surface area contributed by atoms with E-state index in [4.69, 9.17) is 10.5 Å². The van der Waals surface area contributed by atoms with E-state index < -0.39 is 4.92 Å². The second kappa shape index (κ2) is 5.14. The van der Waals surface area contributed by atoms with Crippen molar-refractivity contribution in [3.8, 4) is 5.75 Å². The fourth-order valence-corrected chi connectivity index (χ4v) is 1.72. The molecular weight excluding hydrogens is 220 g/mol. The molecule has 0 spiro atoms. The molecule has 2 N–H and O–H groups in total. The highest BCUT2D eigenvalue weighted by molar-refractivity contribution is 5.43. The summed E-state index contributed by atoms with van der Waals surface area (Å²) in [4.78, 5) is 10.2. The molecule has 92 valence electrons. The molecular formula is C12H16N2O3. The van der Waals surface area contributed by atoms with Crippen LogP contribution < -0.4 is 10.5 Å². The molecule has 0 saturated heterocycles. The molecule has 0 unspecified atom stereocenters. The Morgan fingerprint density at radius 1 is 1.47 bits per heavy atom. The minimum atomic E-state index is -0.423. The Labute approximate surface area is 99.7 Å². The zero-order valence-corrected chi connectivity index (χ0v) is 9.59. The summed E-state index contributed by atoms with van der Waals surface area (Å²) in [5.74, 6) is 1.48. The Hall–Kier alpha value is -1.62. The quantitative estimate of drug-likeness (QED) is 0.606. The molecule has 17 heavy (non-hydrogen) atoms. The molecule has 0 bridgehead atoms. The number of nitrogens with two attached hydrogens (primary N) is 1. The van der Waals surface area contributed by atoms with Gasteiger partial charge in [0.1, 0.15) is 5.75 Å². The summed E-state index contributed by atoms with van der Waals surface area (Å²) in [6.07, 6.45) is 3.65. The van der Waals surface area contributed by atoms with E-state index in [-0.39, 0.29) is 12.2 Å². The monoisotopic (exact) mass is 236 g/mol. The molecule has 0 heterocycles. The molecule has 0 amide bonds. The first-order valence-electron chi connectivity index (χ1n) is 5.81. The van der Waals surface area contributed by atoms with Crippen LogP contribution in [0.2, 0.25) is 0 Å². The number of benzene rings is 1. The maximum absolute atomic E-state index is 10.6. The summed E-state index contributed by atoms with van der Waals surface area (Å²) >= 11 is 0. The molecule has 1 saturated carbocycles. The van der Waals surface area contributed by atoms with Crippen LogP contribution >= 0.6 is 0 Å². The number of non-ortho nitro benzene ring substituents is 1. The minimum Gasteiger partial charge on any atom is -0.493 e. The van der Waals surface area contributed by atoms with Gasteiger partial charge in [0.25, 0.3) is 5.69 Å². The van der Waals surface area contributed by atoms with E-state index >= 15 is 0 Å². The molecule has 1 aromatic rings. The van der Waals surface area contributed by atoms with Crippen LogP contribution in [0.15, 0.2) is 18.2 Å². The first-order valence-corrected chi connectivity index (χ1v) is 5.81. The molecule has 0 aliphatic heterocycles. The van der Waals surface area contributed by atoms with Gasteiger partial charge in [-0.25, -0.2) is 0 Å². The minimum absolute atomic E-state index is 0.0555. The van der Waals surface area contributed by atoms with Crippen molar-refractivity contribution in [2.45, 2.75) is 25.8 Å². The zero-order valence-electron chi connectivity index (χ0n) is 9.59. The van der Waals surface area contributed by atoms with Crippen molar-refractivity contribution in [2.75, 3.05) is 6.61 Å². The van der Waals surface area contributed by atoms with Crippen LogP contribution in [0.5, 0.6) is 5.75 Å².